The third-order valence-corrected chi connectivity index (χ3v) is 15.5. The van der Waals surface area contributed by atoms with Crippen LogP contribution in [0, 0.1) is 0 Å². The lowest BCUT2D eigenvalue weighted by atomic mass is 9.94. The van der Waals surface area contributed by atoms with Crippen LogP contribution in [0.2, 0.25) is 0 Å². The predicted molar refractivity (Wildman–Crippen MR) is 287 cm³/mol. The van der Waals surface area contributed by atoms with Gasteiger partial charge in [-0.15, -0.1) is 10.2 Å². The zero-order chi connectivity index (χ0) is 57.7. The Morgan fingerprint density at radius 1 is 0.392 bits per heavy atom. The minimum absolute atomic E-state index is 0.0196. The number of nitrogens with one attached hydrogen (secondary N) is 3. The Morgan fingerprint density at radius 3 is 1.19 bits per heavy atom. The number of hydrogen-bond donors (Lipinski definition) is 12. The van der Waals surface area contributed by atoms with E-state index in [0.29, 0.717) is 0 Å². The molecular formula is C44H35N13O17S5. The normalized spacial score (nSPS) is 15.3. The number of nitrogen functional groups attached to an aromatic ring is 4. The molecule has 408 valence electrons. The number of hydrazone groups is 2. The van der Waals surface area contributed by atoms with Crippen molar-refractivity contribution in [2.24, 2.45) is 30.7 Å². The summed E-state index contributed by atoms with van der Waals surface area (Å²) in [6.45, 7) is 0. The second-order valence-electron chi connectivity index (χ2n) is 16.4. The summed E-state index contributed by atoms with van der Waals surface area (Å²) in [5.74, 6) is -2.11. The van der Waals surface area contributed by atoms with Crippen LogP contribution in [-0.4, -0.2) is 87.8 Å². The zero-order valence-corrected chi connectivity index (χ0v) is 43.2. The lowest BCUT2D eigenvalue weighted by Gasteiger charge is -2.17. The molecule has 0 saturated carbocycles. The van der Waals surface area contributed by atoms with Gasteiger partial charge in [-0.2, -0.15) is 62.5 Å². The summed E-state index contributed by atoms with van der Waals surface area (Å²) < 4.78 is 171. The third kappa shape index (κ3) is 12.3. The fourth-order valence-corrected chi connectivity index (χ4v) is 10.6. The number of Topliss-reactive ketones (excluding diaryl/α,β-unsaturated/α-hetero) is 2. The molecule has 6 aromatic carbocycles. The Kier molecular flexibility index (Phi) is 14.7. The predicted octanol–water partition coefficient (Wildman–Crippen LogP) is 6.12. The second-order valence-corrected chi connectivity index (χ2v) is 23.4. The van der Waals surface area contributed by atoms with Crippen LogP contribution in [-0.2, 0) is 50.6 Å². The van der Waals surface area contributed by atoms with Crippen molar-refractivity contribution >= 4 is 154 Å². The van der Waals surface area contributed by atoms with E-state index < -0.39 is 98.1 Å². The van der Waals surface area contributed by atoms with Gasteiger partial charge < -0.3 is 28.3 Å². The first-order valence-corrected chi connectivity index (χ1v) is 28.6. The molecule has 0 aromatic heterocycles. The summed E-state index contributed by atoms with van der Waals surface area (Å²) in [5, 5.41) is 26.2. The maximum atomic E-state index is 13.8. The second kappa shape index (κ2) is 20.7. The number of carbonyl (C=O) groups excluding carboxylic acids is 2. The van der Waals surface area contributed by atoms with Crippen LogP contribution in [0.5, 0.6) is 0 Å². The Balaban J connectivity index is 1.00. The van der Waals surface area contributed by atoms with Gasteiger partial charge >= 0.3 is 0 Å². The van der Waals surface area contributed by atoms with Crippen molar-refractivity contribution in [2.45, 2.75) is 14.7 Å². The number of carbonyl (C=O) groups is 2. The highest BCUT2D eigenvalue weighted by atomic mass is 32.2. The van der Waals surface area contributed by atoms with Crippen LogP contribution in [0.4, 0.5) is 68.2 Å². The van der Waals surface area contributed by atoms with E-state index in [2.05, 4.69) is 46.8 Å². The number of allylic oxidation sites excluding steroid dienone is 2. The number of benzene rings is 6. The first kappa shape index (κ1) is 56.0. The summed E-state index contributed by atoms with van der Waals surface area (Å²) >= 11 is 0. The summed E-state index contributed by atoms with van der Waals surface area (Å²) in [6.07, 6.45) is 1.87. The standard InChI is InChI=1S/C44H35N13O17S5/c45-29-16-31(47)36(75(60,61)62)18-34(29)54-51-24-3-1-20-11-39(78(69,70)71)41(43(58)27(20)13-24)56-50-23-7-5-22(6-8-23)49-33-10-9-26(15-38(33)77(66,67)68)53-57-42-40(79(72,73)74)12-21-2-4-25(14-28(21)44(42)59)52-55-35-19-37(76(63,64)65)32(48)17-30(35)46/h1-19,49-50,53H,45-48H2,(H,60,61,62)(H,63,64,65)(H,66,67,68)(H,69,70,71)(H,72,73,74)/b54-51?,55-52?,56-41+,57-42+. The van der Waals surface area contributed by atoms with Crippen molar-refractivity contribution in [3.8, 4) is 0 Å². The highest BCUT2D eigenvalue weighted by molar-refractivity contribution is 7.91. The lowest BCUT2D eigenvalue weighted by molar-refractivity contribution is 0.105. The van der Waals surface area contributed by atoms with Crippen LogP contribution in [0.25, 0.3) is 12.2 Å². The van der Waals surface area contributed by atoms with Crippen LogP contribution in [0.3, 0.4) is 0 Å². The molecule has 8 rings (SSSR count). The molecule has 2 aliphatic rings. The molecule has 30 nitrogen and oxygen atoms in total. The van der Waals surface area contributed by atoms with E-state index in [1.54, 1.807) is 0 Å². The Hall–Kier alpha value is -9.17. The Bertz CT molecular complexity index is 4450. The van der Waals surface area contributed by atoms with Crippen molar-refractivity contribution in [3.05, 3.63) is 135 Å². The van der Waals surface area contributed by atoms with E-state index >= 15 is 0 Å². The lowest BCUT2D eigenvalue weighted by Crippen LogP contribution is -2.27. The van der Waals surface area contributed by atoms with E-state index in [0.717, 1.165) is 54.6 Å². The molecule has 0 atom stereocenters. The number of ketones is 2. The van der Waals surface area contributed by atoms with E-state index in [4.69, 9.17) is 22.9 Å². The van der Waals surface area contributed by atoms with Gasteiger partial charge in [0.15, 0.2) is 11.4 Å². The number of hydrogen-bond acceptors (Lipinski definition) is 25. The van der Waals surface area contributed by atoms with Crippen molar-refractivity contribution in [1.29, 1.82) is 0 Å². The minimum Gasteiger partial charge on any atom is -0.398 e. The maximum Gasteiger partial charge on any atom is 0.296 e. The highest BCUT2D eigenvalue weighted by Gasteiger charge is 2.35. The molecule has 0 aliphatic heterocycles. The van der Waals surface area contributed by atoms with Gasteiger partial charge in [0.2, 0.25) is 11.6 Å². The van der Waals surface area contributed by atoms with Crippen molar-refractivity contribution < 1.29 is 74.4 Å². The van der Waals surface area contributed by atoms with Gasteiger partial charge in [0.1, 0.15) is 35.9 Å². The monoisotopic (exact) mass is 1180 g/mol. The number of azo groups is 2. The maximum absolute atomic E-state index is 13.8. The molecule has 0 fully saturated rings. The van der Waals surface area contributed by atoms with Gasteiger partial charge in [0, 0.05) is 16.8 Å². The molecule has 0 spiro atoms. The van der Waals surface area contributed by atoms with Gasteiger partial charge in [-0.05, 0) is 114 Å². The molecule has 2 aliphatic carbocycles. The van der Waals surface area contributed by atoms with Crippen LogP contribution >= 0.6 is 0 Å². The van der Waals surface area contributed by atoms with Crippen molar-refractivity contribution in [2.75, 3.05) is 39.1 Å². The highest BCUT2D eigenvalue weighted by Crippen LogP contribution is 2.37. The van der Waals surface area contributed by atoms with Crippen LogP contribution in [0.15, 0.2) is 158 Å². The minimum atomic E-state index is -5.16. The molecule has 0 heterocycles. The number of nitrogens with two attached hydrogens (primary N) is 4. The summed E-state index contributed by atoms with van der Waals surface area (Å²) in [4.78, 5) is 23.5. The molecule has 0 unspecified atom stereocenters. The van der Waals surface area contributed by atoms with Crippen molar-refractivity contribution in [1.82, 2.24) is 0 Å². The molecule has 6 aromatic rings. The fourth-order valence-electron chi connectivity index (χ4n) is 7.34. The Labute approximate surface area is 445 Å². The average Bonchev–Trinajstić information content (AvgIpc) is 3.42. The number of fused-ring (bicyclic) bond motifs is 2. The first-order valence-electron chi connectivity index (χ1n) is 21.4. The van der Waals surface area contributed by atoms with Gasteiger partial charge in [-0.3, -0.25) is 43.2 Å². The van der Waals surface area contributed by atoms with Gasteiger partial charge in [-0.1, -0.05) is 12.1 Å². The summed E-state index contributed by atoms with van der Waals surface area (Å²) in [5.41, 5.74) is 24.0. The molecule has 0 amide bonds. The fraction of sp³-hybridized carbons (Fsp3) is 0. The van der Waals surface area contributed by atoms with Crippen molar-refractivity contribution in [3.63, 3.8) is 0 Å². The van der Waals surface area contributed by atoms with E-state index in [9.17, 15) is 74.4 Å². The third-order valence-electron chi connectivity index (χ3n) is 11.0. The van der Waals surface area contributed by atoms with E-state index in [1.807, 2.05) is 0 Å². The molecule has 0 bridgehead atoms. The van der Waals surface area contributed by atoms with E-state index in [-0.39, 0.29) is 90.5 Å². The largest absolute Gasteiger partial charge is 0.398 e. The SMILES string of the molecule is Nc1cc(N)c(S(=O)(=O)O)cc1N=Nc1ccc2c(c1)C(=O)/C(=N/Nc1ccc(Nc3ccc(N/N=C4/C(=O)c5cc(N=Nc6cc(S(=O)(=O)O)c(N)cc6N)ccc5C=C4S(=O)(=O)O)cc3S(=O)(=O)O)cc1)C(S(=O)(=O)O)=C2. The first-order chi connectivity index (χ1) is 36.8. The smallest absolute Gasteiger partial charge is 0.296 e. The quantitative estimate of drug-likeness (QED) is 0.0238. The van der Waals surface area contributed by atoms with E-state index in [1.165, 1.54) is 60.7 Å². The molecule has 16 N–H and O–H groups in total. The molecule has 0 radical (unpaired) electrons. The average molecular weight is 1180 g/mol. The summed E-state index contributed by atoms with van der Waals surface area (Å²) in [6, 6.07) is 19.7. The van der Waals surface area contributed by atoms with Crippen LogP contribution < -0.4 is 39.1 Å². The number of rotatable bonds is 15. The molecule has 0 saturated heterocycles. The zero-order valence-electron chi connectivity index (χ0n) is 39.1. The van der Waals surface area contributed by atoms with Crippen LogP contribution in [0.1, 0.15) is 31.8 Å². The molecule has 79 heavy (non-hydrogen) atoms. The number of anilines is 8. The summed E-state index contributed by atoms with van der Waals surface area (Å²) in [7, 11) is -24.9. The topological polar surface area (TPSA) is 520 Å². The molecular weight excluding hydrogens is 1140 g/mol. The number of nitrogens with zero attached hydrogens (tertiary/aromatic N) is 6. The van der Waals surface area contributed by atoms with Gasteiger partial charge in [-0.25, -0.2) is 0 Å². The molecule has 35 heteroatoms. The van der Waals surface area contributed by atoms with Gasteiger partial charge in [0.05, 0.1) is 51.2 Å². The Morgan fingerprint density at radius 2 is 0.785 bits per heavy atom. The van der Waals surface area contributed by atoms with Gasteiger partial charge in [0.25, 0.3) is 50.6 Å².